The number of carbonyl (C=O) groups excluding carboxylic acids is 1. The second-order valence-corrected chi connectivity index (χ2v) is 4.17. The molecule has 5 nitrogen and oxygen atoms in total. The van der Waals surface area contributed by atoms with Crippen molar-refractivity contribution >= 4 is 29.4 Å². The molecular weight excluding hydrogens is 242 g/mol. The van der Waals surface area contributed by atoms with Crippen molar-refractivity contribution in [2.24, 2.45) is 0 Å². The lowest BCUT2D eigenvalue weighted by Gasteiger charge is -2.06. The smallest absolute Gasteiger partial charge is 0.335 e. The van der Waals surface area contributed by atoms with Crippen molar-refractivity contribution in [3.8, 4) is 0 Å². The number of carbonyl (C=O) groups is 2. The molecule has 0 aliphatic rings. The third-order valence-corrected chi connectivity index (χ3v) is 2.96. The Balaban J connectivity index is 2.73. The Morgan fingerprint density at radius 2 is 2.18 bits per heavy atom. The first-order chi connectivity index (χ1) is 8.04. The highest BCUT2D eigenvalue weighted by Gasteiger charge is 2.09. The van der Waals surface area contributed by atoms with Crippen LogP contribution in [0.25, 0.3) is 0 Å². The Hall–Kier alpha value is -1.69. The molecule has 17 heavy (non-hydrogen) atoms. The average Bonchev–Trinajstić information content (AvgIpc) is 2.28. The van der Waals surface area contributed by atoms with Crippen LogP contribution in [0.5, 0.6) is 0 Å². The summed E-state index contributed by atoms with van der Waals surface area (Å²) in [5.74, 6) is -1.26. The number of ether oxygens (including phenoxy) is 1. The molecule has 0 amide bonds. The highest BCUT2D eigenvalue weighted by molar-refractivity contribution is 8.00. The Morgan fingerprint density at radius 1 is 1.47 bits per heavy atom. The van der Waals surface area contributed by atoms with Gasteiger partial charge in [-0.2, -0.15) is 0 Å². The number of rotatable bonds is 5. The number of hydrogen-bond acceptors (Lipinski definition) is 5. The number of aromatic carboxylic acids is 1. The van der Waals surface area contributed by atoms with Crippen molar-refractivity contribution in [1.29, 1.82) is 0 Å². The zero-order valence-corrected chi connectivity index (χ0v) is 10.1. The molecule has 6 heteroatoms. The van der Waals surface area contributed by atoms with Crippen LogP contribution in [0.4, 0.5) is 5.69 Å². The maximum atomic E-state index is 11.1. The summed E-state index contributed by atoms with van der Waals surface area (Å²) in [6, 6.07) is 4.38. The Bertz CT molecular complexity index is 433. The lowest BCUT2D eigenvalue weighted by molar-refractivity contribution is -0.139. The predicted molar refractivity (Wildman–Crippen MR) is 65.2 cm³/mol. The van der Waals surface area contributed by atoms with E-state index in [1.54, 1.807) is 6.92 Å². The summed E-state index contributed by atoms with van der Waals surface area (Å²) >= 11 is 1.16. The van der Waals surface area contributed by atoms with Gasteiger partial charge in [0.05, 0.1) is 17.9 Å². The quantitative estimate of drug-likeness (QED) is 0.472. The maximum Gasteiger partial charge on any atom is 0.335 e. The molecule has 0 atom stereocenters. The van der Waals surface area contributed by atoms with Crippen molar-refractivity contribution < 1.29 is 19.4 Å². The van der Waals surface area contributed by atoms with Crippen molar-refractivity contribution in [2.45, 2.75) is 11.8 Å². The minimum Gasteiger partial charge on any atom is -0.478 e. The van der Waals surface area contributed by atoms with E-state index in [1.807, 2.05) is 0 Å². The van der Waals surface area contributed by atoms with Gasteiger partial charge >= 0.3 is 11.9 Å². The summed E-state index contributed by atoms with van der Waals surface area (Å²) in [5, 5.41) is 8.82. The van der Waals surface area contributed by atoms with Crippen LogP contribution in [0.2, 0.25) is 0 Å². The molecule has 0 aliphatic carbocycles. The first-order valence-electron chi connectivity index (χ1n) is 4.95. The molecule has 1 aromatic carbocycles. The fourth-order valence-corrected chi connectivity index (χ4v) is 1.93. The first-order valence-corrected chi connectivity index (χ1v) is 5.94. The number of benzene rings is 1. The standard InChI is InChI=1S/C11H13NO4S/c1-2-16-10(13)6-17-9-5-7(11(14)15)3-4-8(9)12/h3-5H,2,6,12H2,1H3,(H,14,15). The van der Waals surface area contributed by atoms with E-state index in [4.69, 9.17) is 15.6 Å². The number of anilines is 1. The van der Waals surface area contributed by atoms with E-state index in [2.05, 4.69) is 0 Å². The third-order valence-electron chi connectivity index (χ3n) is 1.91. The van der Waals surface area contributed by atoms with Crippen LogP contribution >= 0.6 is 11.8 Å². The predicted octanol–water partition coefficient (Wildman–Crippen LogP) is 1.62. The van der Waals surface area contributed by atoms with E-state index in [0.29, 0.717) is 17.2 Å². The minimum absolute atomic E-state index is 0.112. The second kappa shape index (κ2) is 6.15. The number of carboxylic acids is 1. The molecule has 0 aromatic heterocycles. The Kier molecular flexibility index (Phi) is 4.84. The molecule has 0 heterocycles. The van der Waals surface area contributed by atoms with Gasteiger partial charge in [-0.25, -0.2) is 4.79 Å². The molecule has 3 N–H and O–H groups in total. The summed E-state index contributed by atoms with van der Waals surface area (Å²) in [5.41, 5.74) is 6.28. The number of carboxylic acid groups (broad SMARTS) is 1. The second-order valence-electron chi connectivity index (χ2n) is 3.15. The molecular formula is C11H13NO4S. The van der Waals surface area contributed by atoms with Crippen LogP contribution in [0, 0.1) is 0 Å². The number of hydrogen-bond donors (Lipinski definition) is 2. The zero-order chi connectivity index (χ0) is 12.8. The van der Waals surface area contributed by atoms with E-state index in [1.165, 1.54) is 18.2 Å². The molecule has 0 bridgehead atoms. The van der Waals surface area contributed by atoms with Gasteiger partial charge in [0.1, 0.15) is 0 Å². The van der Waals surface area contributed by atoms with E-state index in [0.717, 1.165) is 11.8 Å². The van der Waals surface area contributed by atoms with Crippen LogP contribution in [0.1, 0.15) is 17.3 Å². The molecule has 1 aromatic rings. The van der Waals surface area contributed by atoms with E-state index < -0.39 is 5.97 Å². The summed E-state index contributed by atoms with van der Waals surface area (Å²) in [4.78, 5) is 22.5. The monoisotopic (exact) mass is 255 g/mol. The molecule has 0 aliphatic heterocycles. The van der Waals surface area contributed by atoms with Gasteiger partial charge in [0.2, 0.25) is 0 Å². The van der Waals surface area contributed by atoms with Gasteiger partial charge in [-0.3, -0.25) is 4.79 Å². The SMILES string of the molecule is CCOC(=O)CSc1cc(C(=O)O)ccc1N. The molecule has 0 spiro atoms. The third kappa shape index (κ3) is 3.99. The molecule has 1 rings (SSSR count). The first kappa shape index (κ1) is 13.4. The van der Waals surface area contributed by atoms with Crippen LogP contribution in [0.3, 0.4) is 0 Å². The van der Waals surface area contributed by atoms with Gasteiger partial charge in [0.25, 0.3) is 0 Å². The van der Waals surface area contributed by atoms with Crippen LogP contribution in [-0.2, 0) is 9.53 Å². The number of nitrogens with two attached hydrogens (primary N) is 1. The highest BCUT2D eigenvalue weighted by Crippen LogP contribution is 2.26. The summed E-state index contributed by atoms with van der Waals surface area (Å²) < 4.78 is 4.76. The summed E-state index contributed by atoms with van der Waals surface area (Å²) in [7, 11) is 0. The number of esters is 1. The van der Waals surface area contributed by atoms with Crippen molar-refractivity contribution in [1.82, 2.24) is 0 Å². The minimum atomic E-state index is -1.03. The van der Waals surface area contributed by atoms with Crippen LogP contribution in [-0.4, -0.2) is 29.4 Å². The molecule has 0 saturated heterocycles. The van der Waals surface area contributed by atoms with Crippen LogP contribution < -0.4 is 5.73 Å². The van der Waals surface area contributed by atoms with Gasteiger partial charge in [-0.15, -0.1) is 11.8 Å². The zero-order valence-electron chi connectivity index (χ0n) is 9.30. The van der Waals surface area contributed by atoms with Crippen molar-refractivity contribution in [3.05, 3.63) is 23.8 Å². The average molecular weight is 255 g/mol. The maximum absolute atomic E-state index is 11.1. The van der Waals surface area contributed by atoms with E-state index in [-0.39, 0.29) is 17.3 Å². The van der Waals surface area contributed by atoms with Crippen molar-refractivity contribution in [3.63, 3.8) is 0 Å². The number of thioether (sulfide) groups is 1. The molecule has 0 unspecified atom stereocenters. The van der Waals surface area contributed by atoms with Gasteiger partial charge < -0.3 is 15.6 Å². The summed E-state index contributed by atoms with van der Waals surface area (Å²) in [6.07, 6.45) is 0. The molecule has 0 fully saturated rings. The highest BCUT2D eigenvalue weighted by atomic mass is 32.2. The van der Waals surface area contributed by atoms with Crippen LogP contribution in [0.15, 0.2) is 23.1 Å². The normalized spacial score (nSPS) is 9.94. The Labute approximate surface area is 103 Å². The fraction of sp³-hybridized carbons (Fsp3) is 0.273. The van der Waals surface area contributed by atoms with Crippen molar-refractivity contribution in [2.75, 3.05) is 18.1 Å². The van der Waals surface area contributed by atoms with Gasteiger partial charge in [0, 0.05) is 10.6 Å². The van der Waals surface area contributed by atoms with E-state index in [9.17, 15) is 9.59 Å². The number of nitrogen functional groups attached to an aromatic ring is 1. The fourth-order valence-electron chi connectivity index (χ4n) is 1.13. The Morgan fingerprint density at radius 3 is 2.76 bits per heavy atom. The molecule has 92 valence electrons. The van der Waals surface area contributed by atoms with Gasteiger partial charge in [-0.1, -0.05) is 0 Å². The largest absolute Gasteiger partial charge is 0.478 e. The molecule has 0 radical (unpaired) electrons. The van der Waals surface area contributed by atoms with Gasteiger partial charge in [0.15, 0.2) is 0 Å². The van der Waals surface area contributed by atoms with Gasteiger partial charge in [-0.05, 0) is 25.1 Å². The molecule has 0 saturated carbocycles. The summed E-state index contributed by atoms with van der Waals surface area (Å²) in [6.45, 7) is 2.05. The lowest BCUT2D eigenvalue weighted by atomic mass is 10.2. The topological polar surface area (TPSA) is 89.6 Å². The lowest BCUT2D eigenvalue weighted by Crippen LogP contribution is -2.07. The van der Waals surface area contributed by atoms with E-state index >= 15 is 0 Å².